The van der Waals surface area contributed by atoms with Gasteiger partial charge in [-0.05, 0) is 44.2 Å². The van der Waals surface area contributed by atoms with Crippen LogP contribution in [0.5, 0.6) is 5.75 Å². The van der Waals surface area contributed by atoms with Crippen LogP contribution in [0.15, 0.2) is 47.6 Å². The predicted octanol–water partition coefficient (Wildman–Crippen LogP) is 5.10. The summed E-state index contributed by atoms with van der Waals surface area (Å²) < 4.78 is 61.9. The second-order valence-electron chi connectivity index (χ2n) is 5.00. The van der Waals surface area contributed by atoms with Crippen molar-refractivity contribution in [1.82, 2.24) is 0 Å². The zero-order valence-corrected chi connectivity index (χ0v) is 15.2. The summed E-state index contributed by atoms with van der Waals surface area (Å²) in [5.74, 6) is 0.445. The fourth-order valence-corrected chi connectivity index (χ4v) is 2.00. The Balaban J connectivity index is 0.000000765. The summed E-state index contributed by atoms with van der Waals surface area (Å²) in [5, 5.41) is 3.97. The minimum absolute atomic E-state index is 0.0930. The van der Waals surface area contributed by atoms with Crippen LogP contribution in [0.4, 0.5) is 13.2 Å². The third-order valence-electron chi connectivity index (χ3n) is 2.99. The van der Waals surface area contributed by atoms with Crippen LogP contribution in [0.3, 0.4) is 0 Å². The topological polar surface area (TPSA) is 79.6 Å². The van der Waals surface area contributed by atoms with Gasteiger partial charge in [0, 0.05) is 10.6 Å². The maximum Gasteiger partial charge on any atom is 0.417 e. The van der Waals surface area contributed by atoms with Crippen molar-refractivity contribution in [2.24, 2.45) is 5.16 Å². The van der Waals surface area contributed by atoms with Crippen molar-refractivity contribution in [1.29, 1.82) is 4.78 Å². The Labute approximate surface area is 154 Å². The lowest BCUT2D eigenvalue weighted by atomic mass is 10.0. The van der Waals surface area contributed by atoms with Gasteiger partial charge in [0.15, 0.2) is 5.75 Å². The predicted molar refractivity (Wildman–Crippen MR) is 92.1 cm³/mol. The summed E-state index contributed by atoms with van der Waals surface area (Å²) in [7, 11) is -2.61. The third-order valence-corrected chi connectivity index (χ3v) is 3.22. The highest BCUT2D eigenvalue weighted by Crippen LogP contribution is 2.33. The van der Waals surface area contributed by atoms with E-state index < -0.39 is 22.2 Å². The van der Waals surface area contributed by atoms with Crippen LogP contribution in [-0.4, -0.2) is 14.1 Å². The number of hydrogen-bond donors (Lipinski definition) is 1. The van der Waals surface area contributed by atoms with Crippen molar-refractivity contribution >= 4 is 27.8 Å². The van der Waals surface area contributed by atoms with Gasteiger partial charge in [0.2, 0.25) is 0 Å². The highest BCUT2D eigenvalue weighted by atomic mass is 35.5. The fraction of sp³-hybridized carbons (Fsp3) is 0.188. The van der Waals surface area contributed by atoms with E-state index in [1.165, 1.54) is 19.1 Å². The molecule has 0 aliphatic rings. The molecule has 10 heteroatoms. The monoisotopic (exact) mass is 406 g/mol. The quantitative estimate of drug-likeness (QED) is 0.569. The summed E-state index contributed by atoms with van der Waals surface area (Å²) >= 11 is 5.78. The molecule has 0 spiro atoms. The lowest BCUT2D eigenvalue weighted by Gasteiger charge is -2.12. The highest BCUT2D eigenvalue weighted by molar-refractivity contribution is 7.60. The molecular weight excluding hydrogens is 393 g/mol. The standard InChI is InChI=1S/C16H13ClF3NO.HNO2S/c1-10-3-6-13(7-4-10)22-21-11(2)14-9-12(17)5-8-15(14)16(18,19)20;1-4(2)3/h3-9H,1-2H3;1H/b21-11+;. The molecule has 0 saturated heterocycles. The van der Waals surface area contributed by atoms with Crippen molar-refractivity contribution < 1.29 is 26.4 Å². The van der Waals surface area contributed by atoms with Crippen molar-refractivity contribution in [2.75, 3.05) is 0 Å². The summed E-state index contributed by atoms with van der Waals surface area (Å²) in [6.07, 6.45) is -4.49. The lowest BCUT2D eigenvalue weighted by molar-refractivity contribution is -0.137. The Bertz CT molecular complexity index is 890. The molecule has 5 nitrogen and oxygen atoms in total. The van der Waals surface area contributed by atoms with Gasteiger partial charge in [-0.15, -0.1) is 0 Å². The van der Waals surface area contributed by atoms with Crippen LogP contribution in [0.25, 0.3) is 0 Å². The fourth-order valence-electron chi connectivity index (χ4n) is 1.83. The largest absolute Gasteiger partial charge is 0.417 e. The molecular formula is C16H14ClF3N2O3S. The number of benzene rings is 2. The normalized spacial score (nSPS) is 11.4. The molecule has 2 aromatic rings. The maximum absolute atomic E-state index is 13.0. The third kappa shape index (κ3) is 7.24. The Morgan fingerprint density at radius 3 is 2.19 bits per heavy atom. The van der Waals surface area contributed by atoms with Gasteiger partial charge in [0.05, 0.1) is 11.3 Å². The van der Waals surface area contributed by atoms with Crippen molar-refractivity contribution in [3.8, 4) is 5.75 Å². The van der Waals surface area contributed by atoms with Crippen LogP contribution in [0.1, 0.15) is 23.6 Å². The summed E-state index contributed by atoms with van der Waals surface area (Å²) in [5.41, 5.74) is 0.232. The van der Waals surface area contributed by atoms with E-state index in [4.69, 9.17) is 29.6 Å². The Morgan fingerprint density at radius 1 is 1.15 bits per heavy atom. The molecule has 1 N–H and O–H groups in total. The number of alkyl halides is 3. The van der Waals surface area contributed by atoms with Gasteiger partial charge in [-0.3, -0.25) is 0 Å². The first-order chi connectivity index (χ1) is 12.0. The average molecular weight is 407 g/mol. The average Bonchev–Trinajstić information content (AvgIpc) is 2.52. The van der Waals surface area contributed by atoms with Crippen LogP contribution >= 0.6 is 11.6 Å². The molecule has 0 saturated carbocycles. The Morgan fingerprint density at radius 2 is 1.69 bits per heavy atom. The van der Waals surface area contributed by atoms with Gasteiger partial charge < -0.3 is 4.84 Å². The van der Waals surface area contributed by atoms with E-state index in [1.807, 2.05) is 19.1 Å². The van der Waals surface area contributed by atoms with E-state index in [0.29, 0.717) is 5.75 Å². The van der Waals surface area contributed by atoms with E-state index >= 15 is 0 Å². The smallest absolute Gasteiger partial charge is 0.357 e. The molecule has 0 radical (unpaired) electrons. The molecule has 0 fully saturated rings. The molecule has 0 bridgehead atoms. The van der Waals surface area contributed by atoms with Gasteiger partial charge >= 0.3 is 16.7 Å². The Kier molecular flexibility index (Phi) is 7.78. The summed E-state index contributed by atoms with van der Waals surface area (Å²) in [4.78, 5) is 5.16. The number of aryl methyl sites for hydroxylation is 1. The molecule has 0 atom stereocenters. The first kappa shape index (κ1) is 21.7. The first-order valence-electron chi connectivity index (χ1n) is 6.96. The number of halogens is 4. The van der Waals surface area contributed by atoms with Crippen molar-refractivity contribution in [2.45, 2.75) is 20.0 Å². The molecule has 0 heterocycles. The highest BCUT2D eigenvalue weighted by Gasteiger charge is 2.34. The summed E-state index contributed by atoms with van der Waals surface area (Å²) in [6, 6.07) is 10.4. The van der Waals surface area contributed by atoms with Crippen LogP contribution < -0.4 is 4.84 Å². The number of nitrogens with one attached hydrogen (secondary N) is 1. The molecule has 0 aliphatic heterocycles. The van der Waals surface area contributed by atoms with Gasteiger partial charge in [-0.1, -0.05) is 34.5 Å². The van der Waals surface area contributed by atoms with Crippen LogP contribution in [0.2, 0.25) is 5.02 Å². The molecule has 0 unspecified atom stereocenters. The Hall–Kier alpha value is -2.39. The molecule has 2 aromatic carbocycles. The second kappa shape index (κ2) is 9.35. The second-order valence-corrected chi connectivity index (χ2v) is 5.91. The zero-order chi connectivity index (χ0) is 19.9. The van der Waals surface area contributed by atoms with Gasteiger partial charge in [0.25, 0.3) is 0 Å². The minimum atomic E-state index is -4.49. The van der Waals surface area contributed by atoms with Crippen LogP contribution in [-0.2, 0) is 16.7 Å². The van der Waals surface area contributed by atoms with E-state index in [2.05, 4.69) is 5.16 Å². The van der Waals surface area contributed by atoms with E-state index in [-0.39, 0.29) is 16.3 Å². The maximum atomic E-state index is 13.0. The van der Waals surface area contributed by atoms with Gasteiger partial charge in [0.1, 0.15) is 0 Å². The molecule has 140 valence electrons. The van der Waals surface area contributed by atoms with E-state index in [1.54, 1.807) is 12.1 Å². The molecule has 2 rings (SSSR count). The molecule has 0 aliphatic carbocycles. The number of nitrogens with zero attached hydrogens (tertiary/aromatic N) is 1. The zero-order valence-electron chi connectivity index (χ0n) is 13.6. The van der Waals surface area contributed by atoms with Gasteiger partial charge in [-0.25, -0.2) is 0 Å². The van der Waals surface area contributed by atoms with Gasteiger partial charge in [-0.2, -0.15) is 26.4 Å². The number of hydrogen-bond acceptors (Lipinski definition) is 5. The number of oxime groups is 1. The SMILES string of the molecule is C/C(=N\Oc1ccc(C)cc1)c1cc(Cl)ccc1C(F)(F)F.N=S(=O)=O. The first-order valence-corrected chi connectivity index (χ1v) is 8.42. The number of rotatable bonds is 3. The lowest BCUT2D eigenvalue weighted by Crippen LogP contribution is -2.12. The molecule has 0 amide bonds. The summed E-state index contributed by atoms with van der Waals surface area (Å²) in [6.45, 7) is 3.36. The minimum Gasteiger partial charge on any atom is -0.357 e. The molecule has 0 aromatic heterocycles. The van der Waals surface area contributed by atoms with Crippen molar-refractivity contribution in [3.05, 3.63) is 64.2 Å². The molecule has 26 heavy (non-hydrogen) atoms. The van der Waals surface area contributed by atoms with Crippen molar-refractivity contribution in [3.63, 3.8) is 0 Å². The van der Waals surface area contributed by atoms with E-state index in [9.17, 15) is 13.2 Å². The van der Waals surface area contributed by atoms with E-state index in [0.717, 1.165) is 11.6 Å². The van der Waals surface area contributed by atoms with Crippen LogP contribution in [0, 0.1) is 11.7 Å².